The standard InChI is InChI=1S/C14H13BrN2OS/c15-13-5-4-12(19-13)14(18)17-7-6-10-9(8-17)2-1-3-11(10)16/h1-5H,6-8,16H2. The minimum atomic E-state index is 0.101. The number of rotatable bonds is 1. The summed E-state index contributed by atoms with van der Waals surface area (Å²) in [6.45, 7) is 1.38. The Hall–Kier alpha value is -1.33. The molecule has 5 heteroatoms. The van der Waals surface area contributed by atoms with Crippen molar-refractivity contribution in [2.75, 3.05) is 12.3 Å². The zero-order valence-electron chi connectivity index (χ0n) is 10.2. The lowest BCUT2D eigenvalue weighted by Crippen LogP contribution is -2.35. The van der Waals surface area contributed by atoms with Crippen molar-refractivity contribution >= 4 is 38.9 Å². The average molecular weight is 337 g/mol. The summed E-state index contributed by atoms with van der Waals surface area (Å²) in [7, 11) is 0. The molecule has 1 aromatic heterocycles. The number of hydrogen-bond donors (Lipinski definition) is 1. The molecule has 0 atom stereocenters. The Bertz CT molecular complexity index is 638. The predicted octanol–water partition coefficient (Wildman–Crippen LogP) is 3.29. The van der Waals surface area contributed by atoms with Crippen LogP contribution in [0.1, 0.15) is 20.8 Å². The first-order valence-corrected chi connectivity index (χ1v) is 7.67. The molecule has 0 aliphatic carbocycles. The highest BCUT2D eigenvalue weighted by Gasteiger charge is 2.23. The lowest BCUT2D eigenvalue weighted by Gasteiger charge is -2.29. The summed E-state index contributed by atoms with van der Waals surface area (Å²) < 4.78 is 0.984. The number of carbonyl (C=O) groups excluding carboxylic acids is 1. The van der Waals surface area contributed by atoms with Gasteiger partial charge < -0.3 is 10.6 Å². The number of hydrogen-bond acceptors (Lipinski definition) is 3. The van der Waals surface area contributed by atoms with Crippen LogP contribution in [0.5, 0.6) is 0 Å². The van der Waals surface area contributed by atoms with Crippen molar-refractivity contribution in [1.29, 1.82) is 0 Å². The Kier molecular flexibility index (Phi) is 3.33. The molecule has 0 saturated carbocycles. The average Bonchev–Trinajstić information content (AvgIpc) is 2.84. The van der Waals surface area contributed by atoms with Crippen LogP contribution < -0.4 is 5.73 Å². The second kappa shape index (κ2) is 4.98. The van der Waals surface area contributed by atoms with Gasteiger partial charge in [0.05, 0.1) is 8.66 Å². The van der Waals surface area contributed by atoms with Gasteiger partial charge in [0.15, 0.2) is 0 Å². The van der Waals surface area contributed by atoms with Crippen molar-refractivity contribution in [3.05, 3.63) is 50.1 Å². The van der Waals surface area contributed by atoms with Crippen LogP contribution in [0.15, 0.2) is 34.1 Å². The van der Waals surface area contributed by atoms with E-state index in [2.05, 4.69) is 22.0 Å². The molecular weight excluding hydrogens is 324 g/mol. The zero-order valence-corrected chi connectivity index (χ0v) is 12.6. The fraction of sp³-hybridized carbons (Fsp3) is 0.214. The molecule has 0 spiro atoms. The van der Waals surface area contributed by atoms with Crippen LogP contribution in [-0.4, -0.2) is 17.4 Å². The fourth-order valence-electron chi connectivity index (χ4n) is 2.40. The highest BCUT2D eigenvalue weighted by atomic mass is 79.9. The summed E-state index contributed by atoms with van der Waals surface area (Å²) in [5.74, 6) is 0.101. The summed E-state index contributed by atoms with van der Waals surface area (Å²) in [6, 6.07) is 9.70. The minimum Gasteiger partial charge on any atom is -0.398 e. The molecule has 19 heavy (non-hydrogen) atoms. The maximum atomic E-state index is 12.4. The second-order valence-corrected chi connectivity index (χ2v) is 7.03. The molecule has 3 nitrogen and oxygen atoms in total. The number of fused-ring (bicyclic) bond motifs is 1. The molecule has 98 valence electrons. The molecule has 0 saturated heterocycles. The lowest BCUT2D eigenvalue weighted by molar-refractivity contribution is 0.0740. The summed E-state index contributed by atoms with van der Waals surface area (Å²) in [6.07, 6.45) is 0.834. The molecule has 2 N–H and O–H groups in total. The molecule has 1 aliphatic rings. The molecule has 2 heterocycles. The Labute approximate surface area is 124 Å². The molecule has 3 rings (SSSR count). The van der Waals surface area contributed by atoms with Crippen molar-refractivity contribution in [2.24, 2.45) is 0 Å². The van der Waals surface area contributed by atoms with Gasteiger partial charge in [0.25, 0.3) is 5.91 Å². The quantitative estimate of drug-likeness (QED) is 0.812. The normalized spacial score (nSPS) is 14.3. The third-order valence-electron chi connectivity index (χ3n) is 3.37. The van der Waals surface area contributed by atoms with Crippen molar-refractivity contribution < 1.29 is 4.79 Å². The van der Waals surface area contributed by atoms with E-state index in [1.54, 1.807) is 0 Å². The van der Waals surface area contributed by atoms with Crippen molar-refractivity contribution in [1.82, 2.24) is 4.90 Å². The van der Waals surface area contributed by atoms with E-state index in [9.17, 15) is 4.79 Å². The number of nitrogens with zero attached hydrogens (tertiary/aromatic N) is 1. The van der Waals surface area contributed by atoms with Crippen molar-refractivity contribution in [2.45, 2.75) is 13.0 Å². The number of amides is 1. The Balaban J connectivity index is 1.84. The number of benzene rings is 1. The summed E-state index contributed by atoms with van der Waals surface area (Å²) in [5, 5.41) is 0. The first-order valence-electron chi connectivity index (χ1n) is 6.06. The van der Waals surface area contributed by atoms with Gasteiger partial charge in [0.1, 0.15) is 0 Å². The first-order chi connectivity index (χ1) is 9.15. The molecule has 0 bridgehead atoms. The maximum absolute atomic E-state index is 12.4. The molecule has 2 aromatic rings. The smallest absolute Gasteiger partial charge is 0.264 e. The minimum absolute atomic E-state index is 0.101. The van der Waals surface area contributed by atoms with Crippen LogP contribution in [0.25, 0.3) is 0 Å². The zero-order chi connectivity index (χ0) is 13.4. The van der Waals surface area contributed by atoms with Crippen LogP contribution in [0.2, 0.25) is 0 Å². The van der Waals surface area contributed by atoms with Crippen LogP contribution >= 0.6 is 27.3 Å². The van der Waals surface area contributed by atoms with Gasteiger partial charge in [-0.25, -0.2) is 0 Å². The Morgan fingerprint density at radius 3 is 2.89 bits per heavy atom. The molecular formula is C14H13BrN2OS. The van der Waals surface area contributed by atoms with E-state index < -0.39 is 0 Å². The van der Waals surface area contributed by atoms with Crippen LogP contribution in [0.3, 0.4) is 0 Å². The van der Waals surface area contributed by atoms with Gasteiger partial charge >= 0.3 is 0 Å². The number of thiophene rings is 1. The molecule has 0 fully saturated rings. The topological polar surface area (TPSA) is 46.3 Å². The highest BCUT2D eigenvalue weighted by Crippen LogP contribution is 2.28. The van der Waals surface area contributed by atoms with Gasteiger partial charge in [-0.15, -0.1) is 11.3 Å². The van der Waals surface area contributed by atoms with Crippen molar-refractivity contribution in [3.8, 4) is 0 Å². The van der Waals surface area contributed by atoms with E-state index in [1.807, 2.05) is 29.2 Å². The van der Waals surface area contributed by atoms with Gasteiger partial charge in [-0.1, -0.05) is 12.1 Å². The SMILES string of the molecule is Nc1cccc2c1CCN(C(=O)c1ccc(Br)s1)C2. The molecule has 0 unspecified atom stereocenters. The van der Waals surface area contributed by atoms with E-state index in [4.69, 9.17) is 5.73 Å². The van der Waals surface area contributed by atoms with Gasteiger partial charge in [0.2, 0.25) is 0 Å². The van der Waals surface area contributed by atoms with E-state index in [-0.39, 0.29) is 5.91 Å². The second-order valence-electron chi connectivity index (χ2n) is 4.57. The number of nitrogen functional groups attached to an aromatic ring is 1. The first kappa shape index (κ1) is 12.7. The van der Waals surface area contributed by atoms with Gasteiger partial charge in [-0.3, -0.25) is 4.79 Å². The van der Waals surface area contributed by atoms with E-state index in [0.717, 1.165) is 32.9 Å². The van der Waals surface area contributed by atoms with E-state index in [1.165, 1.54) is 16.9 Å². The van der Waals surface area contributed by atoms with Gasteiger partial charge in [-0.2, -0.15) is 0 Å². The third kappa shape index (κ3) is 2.40. The Morgan fingerprint density at radius 1 is 1.32 bits per heavy atom. The number of halogens is 1. The monoisotopic (exact) mass is 336 g/mol. The number of anilines is 1. The summed E-state index contributed by atoms with van der Waals surface area (Å²) in [4.78, 5) is 15.1. The van der Waals surface area contributed by atoms with Gasteiger partial charge in [0, 0.05) is 18.8 Å². The fourth-order valence-corrected chi connectivity index (χ4v) is 3.75. The van der Waals surface area contributed by atoms with Gasteiger partial charge in [-0.05, 0) is 51.7 Å². The largest absolute Gasteiger partial charge is 0.398 e. The lowest BCUT2D eigenvalue weighted by atomic mass is 9.98. The summed E-state index contributed by atoms with van der Waals surface area (Å²) >= 11 is 4.87. The molecule has 1 amide bonds. The van der Waals surface area contributed by atoms with Crippen LogP contribution in [-0.2, 0) is 13.0 Å². The number of nitrogens with two attached hydrogens (primary N) is 1. The number of carbonyl (C=O) groups is 1. The molecule has 1 aliphatic heterocycles. The van der Waals surface area contributed by atoms with Crippen LogP contribution in [0, 0.1) is 0 Å². The van der Waals surface area contributed by atoms with Crippen LogP contribution in [0.4, 0.5) is 5.69 Å². The van der Waals surface area contributed by atoms with E-state index in [0.29, 0.717) is 6.54 Å². The predicted molar refractivity (Wildman–Crippen MR) is 81.3 cm³/mol. The summed E-state index contributed by atoms with van der Waals surface area (Å²) in [5.41, 5.74) is 9.16. The highest BCUT2D eigenvalue weighted by molar-refractivity contribution is 9.11. The Morgan fingerprint density at radius 2 is 2.16 bits per heavy atom. The molecule has 1 aromatic carbocycles. The van der Waals surface area contributed by atoms with E-state index >= 15 is 0 Å². The maximum Gasteiger partial charge on any atom is 0.264 e. The third-order valence-corrected chi connectivity index (χ3v) is 4.99. The van der Waals surface area contributed by atoms with Crippen molar-refractivity contribution in [3.63, 3.8) is 0 Å². The molecule has 0 radical (unpaired) electrons.